The molecular formula is C16H27ClN2O. The van der Waals surface area contributed by atoms with Crippen molar-refractivity contribution in [2.75, 3.05) is 18.9 Å². The number of para-hydroxylation sites is 1. The number of amides is 1. The Balaban J connectivity index is 0.00000361. The molecule has 2 N–H and O–H groups in total. The van der Waals surface area contributed by atoms with Gasteiger partial charge in [0.25, 0.3) is 0 Å². The fraction of sp³-hybridized carbons (Fsp3) is 0.562. The van der Waals surface area contributed by atoms with Crippen LogP contribution in [-0.4, -0.2) is 19.5 Å². The highest BCUT2D eigenvalue weighted by Gasteiger charge is 2.04. The number of carbonyl (C=O) groups excluding carboxylic acids is 1. The molecule has 3 nitrogen and oxygen atoms in total. The maximum Gasteiger partial charge on any atom is 0.220 e. The summed E-state index contributed by atoms with van der Waals surface area (Å²) in [7, 11) is 1.93. The van der Waals surface area contributed by atoms with Crippen LogP contribution in [0.3, 0.4) is 0 Å². The number of carbonyl (C=O) groups is 1. The van der Waals surface area contributed by atoms with E-state index in [2.05, 4.69) is 36.6 Å². The average Bonchev–Trinajstić information content (AvgIpc) is 2.39. The van der Waals surface area contributed by atoms with Crippen molar-refractivity contribution in [1.29, 1.82) is 0 Å². The third-order valence-corrected chi connectivity index (χ3v) is 3.18. The summed E-state index contributed by atoms with van der Waals surface area (Å²) in [5, 5.41) is 6.15. The second-order valence-electron chi connectivity index (χ2n) is 5.29. The lowest BCUT2D eigenvalue weighted by atomic mass is 10.1. The van der Waals surface area contributed by atoms with E-state index in [-0.39, 0.29) is 18.3 Å². The van der Waals surface area contributed by atoms with Crippen LogP contribution in [0.5, 0.6) is 0 Å². The SMILES string of the molecule is CNc1ccccc1CCCC(=O)NCCC(C)C.Cl. The van der Waals surface area contributed by atoms with Gasteiger partial charge >= 0.3 is 0 Å². The normalized spacial score (nSPS) is 10.0. The molecule has 1 aromatic rings. The van der Waals surface area contributed by atoms with Gasteiger partial charge in [-0.2, -0.15) is 0 Å². The van der Waals surface area contributed by atoms with Crippen molar-refractivity contribution in [3.63, 3.8) is 0 Å². The third kappa shape index (κ3) is 7.39. The molecule has 1 rings (SSSR count). The van der Waals surface area contributed by atoms with Crippen LogP contribution >= 0.6 is 12.4 Å². The van der Waals surface area contributed by atoms with Gasteiger partial charge < -0.3 is 10.6 Å². The predicted molar refractivity (Wildman–Crippen MR) is 88.6 cm³/mol. The molecule has 0 spiro atoms. The van der Waals surface area contributed by atoms with Crippen LogP contribution in [0.2, 0.25) is 0 Å². The highest BCUT2D eigenvalue weighted by molar-refractivity contribution is 5.85. The summed E-state index contributed by atoms with van der Waals surface area (Å²) < 4.78 is 0. The van der Waals surface area contributed by atoms with Gasteiger partial charge in [-0.3, -0.25) is 4.79 Å². The minimum Gasteiger partial charge on any atom is -0.388 e. The minimum atomic E-state index is 0. The van der Waals surface area contributed by atoms with Crippen molar-refractivity contribution >= 4 is 24.0 Å². The summed E-state index contributed by atoms with van der Waals surface area (Å²) in [5.74, 6) is 0.811. The maximum atomic E-state index is 11.6. The maximum absolute atomic E-state index is 11.6. The van der Waals surface area contributed by atoms with E-state index < -0.39 is 0 Å². The first-order valence-electron chi connectivity index (χ1n) is 7.16. The fourth-order valence-electron chi connectivity index (χ4n) is 2.01. The Hall–Kier alpha value is -1.22. The van der Waals surface area contributed by atoms with E-state index in [1.807, 2.05) is 19.2 Å². The van der Waals surface area contributed by atoms with Crippen LogP contribution in [-0.2, 0) is 11.2 Å². The largest absolute Gasteiger partial charge is 0.388 e. The number of hydrogen-bond acceptors (Lipinski definition) is 2. The van der Waals surface area contributed by atoms with E-state index in [9.17, 15) is 4.79 Å². The molecule has 4 heteroatoms. The summed E-state index contributed by atoms with van der Waals surface area (Å²) >= 11 is 0. The van der Waals surface area contributed by atoms with E-state index in [0.29, 0.717) is 12.3 Å². The molecule has 0 atom stereocenters. The van der Waals surface area contributed by atoms with Crippen LogP contribution in [0.15, 0.2) is 24.3 Å². The van der Waals surface area contributed by atoms with Crippen molar-refractivity contribution in [2.24, 2.45) is 5.92 Å². The molecule has 114 valence electrons. The summed E-state index contributed by atoms with van der Waals surface area (Å²) in [4.78, 5) is 11.6. The molecule has 1 aromatic carbocycles. The van der Waals surface area contributed by atoms with Gasteiger partial charge in [0.1, 0.15) is 0 Å². The number of halogens is 1. The fourth-order valence-corrected chi connectivity index (χ4v) is 2.01. The lowest BCUT2D eigenvalue weighted by molar-refractivity contribution is -0.121. The minimum absolute atomic E-state index is 0. The molecule has 0 saturated heterocycles. The molecule has 0 aliphatic heterocycles. The highest BCUT2D eigenvalue weighted by atomic mass is 35.5. The number of nitrogens with one attached hydrogen (secondary N) is 2. The first-order valence-corrected chi connectivity index (χ1v) is 7.16. The van der Waals surface area contributed by atoms with Crippen LogP contribution in [0.1, 0.15) is 38.7 Å². The molecular weight excluding hydrogens is 272 g/mol. The summed E-state index contributed by atoms with van der Waals surface area (Å²) in [6.45, 7) is 5.13. The third-order valence-electron chi connectivity index (χ3n) is 3.18. The van der Waals surface area contributed by atoms with Gasteiger partial charge in [-0.05, 0) is 36.8 Å². The Morgan fingerprint density at radius 3 is 2.60 bits per heavy atom. The van der Waals surface area contributed by atoms with Gasteiger partial charge in [-0.25, -0.2) is 0 Å². The molecule has 0 radical (unpaired) electrons. The Kier molecular flexibility index (Phi) is 9.91. The molecule has 0 heterocycles. The van der Waals surface area contributed by atoms with Crippen molar-refractivity contribution in [2.45, 2.75) is 39.5 Å². The van der Waals surface area contributed by atoms with Crippen LogP contribution in [0.25, 0.3) is 0 Å². The number of aryl methyl sites for hydroxylation is 1. The Morgan fingerprint density at radius 2 is 1.95 bits per heavy atom. The molecule has 0 fully saturated rings. The summed E-state index contributed by atoms with van der Waals surface area (Å²) in [6, 6.07) is 8.24. The van der Waals surface area contributed by atoms with E-state index >= 15 is 0 Å². The van der Waals surface area contributed by atoms with Gasteiger partial charge in [0.2, 0.25) is 5.91 Å². The molecule has 0 aliphatic carbocycles. The average molecular weight is 299 g/mol. The van der Waals surface area contributed by atoms with E-state index in [1.54, 1.807) is 0 Å². The van der Waals surface area contributed by atoms with Crippen LogP contribution in [0, 0.1) is 5.92 Å². The molecule has 0 saturated carbocycles. The number of benzene rings is 1. The zero-order chi connectivity index (χ0) is 14.1. The summed E-state index contributed by atoms with van der Waals surface area (Å²) in [5.41, 5.74) is 2.43. The Labute approximate surface area is 128 Å². The first-order chi connectivity index (χ1) is 9.13. The highest BCUT2D eigenvalue weighted by Crippen LogP contribution is 2.16. The smallest absolute Gasteiger partial charge is 0.220 e. The van der Waals surface area contributed by atoms with Gasteiger partial charge in [0, 0.05) is 25.7 Å². The van der Waals surface area contributed by atoms with E-state index in [1.165, 1.54) is 5.56 Å². The van der Waals surface area contributed by atoms with Crippen molar-refractivity contribution in [3.8, 4) is 0 Å². The molecule has 0 aromatic heterocycles. The van der Waals surface area contributed by atoms with Crippen molar-refractivity contribution < 1.29 is 4.79 Å². The van der Waals surface area contributed by atoms with Crippen LogP contribution < -0.4 is 10.6 Å². The van der Waals surface area contributed by atoms with Crippen molar-refractivity contribution in [3.05, 3.63) is 29.8 Å². The zero-order valence-corrected chi connectivity index (χ0v) is 13.6. The topological polar surface area (TPSA) is 41.1 Å². The van der Waals surface area contributed by atoms with Gasteiger partial charge in [0.05, 0.1) is 0 Å². The van der Waals surface area contributed by atoms with Crippen molar-refractivity contribution in [1.82, 2.24) is 5.32 Å². The number of hydrogen-bond donors (Lipinski definition) is 2. The van der Waals surface area contributed by atoms with Gasteiger partial charge in [-0.15, -0.1) is 12.4 Å². The monoisotopic (exact) mass is 298 g/mol. The lowest BCUT2D eigenvalue weighted by Gasteiger charge is -2.09. The van der Waals surface area contributed by atoms with E-state index in [4.69, 9.17) is 0 Å². The first kappa shape index (κ1) is 18.8. The summed E-state index contributed by atoms with van der Waals surface area (Å²) in [6.07, 6.45) is 3.49. The van der Waals surface area contributed by atoms with Gasteiger partial charge in [-0.1, -0.05) is 32.0 Å². The molecule has 1 amide bonds. The Morgan fingerprint density at radius 1 is 1.25 bits per heavy atom. The molecule has 0 unspecified atom stereocenters. The van der Waals surface area contributed by atoms with Crippen LogP contribution in [0.4, 0.5) is 5.69 Å². The molecule has 0 bridgehead atoms. The second-order valence-corrected chi connectivity index (χ2v) is 5.29. The lowest BCUT2D eigenvalue weighted by Crippen LogP contribution is -2.25. The number of rotatable bonds is 8. The van der Waals surface area contributed by atoms with E-state index in [0.717, 1.165) is 31.5 Å². The van der Waals surface area contributed by atoms with Gasteiger partial charge in [0.15, 0.2) is 0 Å². The molecule has 0 aliphatic rings. The Bertz CT molecular complexity index is 394. The predicted octanol–water partition coefficient (Wildman–Crippen LogP) is 3.64. The number of anilines is 1. The zero-order valence-electron chi connectivity index (χ0n) is 12.7. The second kappa shape index (κ2) is 10.6. The molecule has 20 heavy (non-hydrogen) atoms. The standard InChI is InChI=1S/C16H26N2O.ClH/c1-13(2)11-12-18-16(19)10-6-8-14-7-4-5-9-15(14)17-3;/h4-5,7,9,13,17H,6,8,10-12H2,1-3H3,(H,18,19);1H. The quantitative estimate of drug-likeness (QED) is 0.769.